The highest BCUT2D eigenvalue weighted by Gasteiger charge is 2.05. The summed E-state index contributed by atoms with van der Waals surface area (Å²) in [4.78, 5) is 8.00. The van der Waals surface area contributed by atoms with E-state index in [9.17, 15) is 0 Å². The second kappa shape index (κ2) is 3.84. The number of aryl methyl sites for hydroxylation is 1. The van der Waals surface area contributed by atoms with Crippen LogP contribution in [0.3, 0.4) is 0 Å². The minimum absolute atomic E-state index is 0.330. The van der Waals surface area contributed by atoms with Gasteiger partial charge in [-0.15, -0.1) is 0 Å². The number of anilines is 1. The van der Waals surface area contributed by atoms with Crippen LogP contribution < -0.4 is 11.3 Å². The van der Waals surface area contributed by atoms with Gasteiger partial charge >= 0.3 is 0 Å². The Bertz CT molecular complexity index is 460. The van der Waals surface area contributed by atoms with Gasteiger partial charge in [0.05, 0.1) is 16.9 Å². The van der Waals surface area contributed by atoms with Gasteiger partial charge in [0, 0.05) is 12.3 Å². The highest BCUT2D eigenvalue weighted by Crippen LogP contribution is 2.15. The van der Waals surface area contributed by atoms with Crippen molar-refractivity contribution in [2.75, 3.05) is 5.43 Å². The molecule has 0 fully saturated rings. The first-order chi connectivity index (χ1) is 7.20. The normalized spacial score (nSPS) is 10.3. The smallest absolute Gasteiger partial charge is 0.239 e. The van der Waals surface area contributed by atoms with Crippen LogP contribution in [0.15, 0.2) is 18.5 Å². The summed E-state index contributed by atoms with van der Waals surface area (Å²) in [5.41, 5.74) is 3.11. The minimum atomic E-state index is 0.330. The highest BCUT2D eigenvalue weighted by molar-refractivity contribution is 6.31. The molecule has 0 saturated heterocycles. The summed E-state index contributed by atoms with van der Waals surface area (Å²) in [6.07, 6.45) is 3.27. The lowest BCUT2D eigenvalue weighted by atomic mass is 10.5. The van der Waals surface area contributed by atoms with Gasteiger partial charge in [-0.05, 0) is 6.92 Å². The fraction of sp³-hybridized carbons (Fsp3) is 0.125. The second-order valence-corrected chi connectivity index (χ2v) is 3.30. The predicted octanol–water partition coefficient (Wildman–Crippen LogP) is 0.910. The molecular weight excluding hydrogens is 216 g/mol. The molecule has 0 aromatic carbocycles. The average Bonchev–Trinajstić information content (AvgIpc) is 2.59. The number of halogens is 1. The second-order valence-electron chi connectivity index (χ2n) is 2.89. The van der Waals surface area contributed by atoms with E-state index in [1.54, 1.807) is 23.1 Å². The fourth-order valence-corrected chi connectivity index (χ4v) is 1.23. The number of hydrazine groups is 1. The lowest BCUT2D eigenvalue weighted by Gasteiger charge is -2.01. The quantitative estimate of drug-likeness (QED) is 0.585. The van der Waals surface area contributed by atoms with Crippen LogP contribution in [-0.2, 0) is 0 Å². The molecule has 2 heterocycles. The maximum atomic E-state index is 5.89. The summed E-state index contributed by atoms with van der Waals surface area (Å²) in [7, 11) is 0. The van der Waals surface area contributed by atoms with E-state index in [0.717, 1.165) is 5.69 Å². The number of hydrogen-bond acceptors (Lipinski definition) is 5. The average molecular weight is 225 g/mol. The van der Waals surface area contributed by atoms with E-state index < -0.39 is 0 Å². The molecular formula is C8H9ClN6. The number of aromatic nitrogens is 4. The van der Waals surface area contributed by atoms with Gasteiger partial charge in [-0.3, -0.25) is 5.43 Å². The van der Waals surface area contributed by atoms with Gasteiger partial charge in [0.15, 0.2) is 5.82 Å². The van der Waals surface area contributed by atoms with Crippen molar-refractivity contribution < 1.29 is 0 Å². The summed E-state index contributed by atoms with van der Waals surface area (Å²) >= 11 is 5.89. The molecule has 0 radical (unpaired) electrons. The summed E-state index contributed by atoms with van der Waals surface area (Å²) in [6.45, 7) is 1.82. The minimum Gasteiger partial charge on any atom is -0.292 e. The molecule has 0 saturated carbocycles. The molecule has 0 spiro atoms. The van der Waals surface area contributed by atoms with Gasteiger partial charge in [-0.1, -0.05) is 11.6 Å². The van der Waals surface area contributed by atoms with Crippen LogP contribution in [0.1, 0.15) is 5.69 Å². The Hall–Kier alpha value is -1.66. The van der Waals surface area contributed by atoms with Crippen molar-refractivity contribution in [2.45, 2.75) is 6.92 Å². The van der Waals surface area contributed by atoms with E-state index in [-0.39, 0.29) is 0 Å². The van der Waals surface area contributed by atoms with E-state index in [2.05, 4.69) is 20.5 Å². The zero-order valence-electron chi connectivity index (χ0n) is 7.98. The lowest BCUT2D eigenvalue weighted by Crippen LogP contribution is -2.11. The van der Waals surface area contributed by atoms with E-state index in [1.165, 1.54) is 0 Å². The first-order valence-corrected chi connectivity index (χ1v) is 4.60. The summed E-state index contributed by atoms with van der Waals surface area (Å²) in [5.74, 6) is 6.14. The van der Waals surface area contributed by atoms with Crippen LogP contribution in [0, 0.1) is 6.92 Å². The molecule has 0 aliphatic rings. The molecule has 7 heteroatoms. The molecule has 6 nitrogen and oxygen atoms in total. The van der Waals surface area contributed by atoms with Gasteiger partial charge < -0.3 is 0 Å². The molecule has 0 aliphatic carbocycles. The van der Waals surface area contributed by atoms with E-state index >= 15 is 0 Å². The number of nitrogens with two attached hydrogens (primary N) is 1. The zero-order chi connectivity index (χ0) is 10.8. The number of nitrogens with one attached hydrogen (secondary N) is 1. The van der Waals surface area contributed by atoms with E-state index in [0.29, 0.717) is 16.8 Å². The summed E-state index contributed by atoms with van der Waals surface area (Å²) in [6, 6.07) is 1.71. The zero-order valence-corrected chi connectivity index (χ0v) is 8.73. The third-order valence-corrected chi connectivity index (χ3v) is 2.21. The van der Waals surface area contributed by atoms with Crippen molar-refractivity contribution >= 4 is 17.5 Å². The van der Waals surface area contributed by atoms with Gasteiger partial charge in [0.25, 0.3) is 0 Å². The maximum absolute atomic E-state index is 5.89. The van der Waals surface area contributed by atoms with Gasteiger partial charge in [0.1, 0.15) is 0 Å². The maximum Gasteiger partial charge on any atom is 0.239 e. The Labute approximate surface area is 91.1 Å². The van der Waals surface area contributed by atoms with Crippen LogP contribution in [-0.4, -0.2) is 19.7 Å². The first kappa shape index (κ1) is 9.88. The molecule has 0 unspecified atom stereocenters. The fourth-order valence-electron chi connectivity index (χ4n) is 1.10. The SMILES string of the molecule is Cc1nn(-c2ccnc(NN)n2)cc1Cl. The molecule has 2 aromatic heterocycles. The van der Waals surface area contributed by atoms with Crippen molar-refractivity contribution in [1.82, 2.24) is 19.7 Å². The van der Waals surface area contributed by atoms with Crippen molar-refractivity contribution in [3.05, 3.63) is 29.2 Å². The Morgan fingerprint density at radius 1 is 1.53 bits per heavy atom. The molecule has 78 valence electrons. The third-order valence-electron chi connectivity index (χ3n) is 1.84. The standard InChI is InChI=1S/C8H9ClN6/c1-5-6(9)4-15(14-5)7-2-3-11-8(12-7)13-10/h2-4H,10H2,1H3,(H,11,12,13). The molecule has 15 heavy (non-hydrogen) atoms. The highest BCUT2D eigenvalue weighted by atomic mass is 35.5. The molecule has 0 aliphatic heterocycles. The van der Waals surface area contributed by atoms with Crippen LogP contribution in [0.5, 0.6) is 0 Å². The first-order valence-electron chi connectivity index (χ1n) is 4.22. The van der Waals surface area contributed by atoms with Crippen molar-refractivity contribution in [2.24, 2.45) is 5.84 Å². The van der Waals surface area contributed by atoms with Gasteiger partial charge in [-0.25, -0.2) is 15.5 Å². The van der Waals surface area contributed by atoms with Crippen LogP contribution in [0.4, 0.5) is 5.95 Å². The van der Waals surface area contributed by atoms with Crippen molar-refractivity contribution in [3.8, 4) is 5.82 Å². The van der Waals surface area contributed by atoms with Crippen LogP contribution in [0.25, 0.3) is 5.82 Å². The lowest BCUT2D eigenvalue weighted by molar-refractivity contribution is 0.826. The third kappa shape index (κ3) is 1.90. The Morgan fingerprint density at radius 3 is 2.93 bits per heavy atom. The number of nitrogen functional groups attached to an aromatic ring is 1. The molecule has 2 aromatic rings. The Balaban J connectivity index is 2.44. The van der Waals surface area contributed by atoms with Gasteiger partial charge in [-0.2, -0.15) is 10.1 Å². The number of nitrogens with zero attached hydrogens (tertiary/aromatic N) is 4. The number of hydrogen-bond donors (Lipinski definition) is 2. The van der Waals surface area contributed by atoms with Crippen LogP contribution in [0.2, 0.25) is 5.02 Å². The topological polar surface area (TPSA) is 81.7 Å². The molecule has 3 N–H and O–H groups in total. The predicted molar refractivity (Wildman–Crippen MR) is 56.7 cm³/mol. The Kier molecular flexibility index (Phi) is 2.53. The van der Waals surface area contributed by atoms with E-state index in [1.807, 2.05) is 6.92 Å². The summed E-state index contributed by atoms with van der Waals surface area (Å²) in [5, 5.41) is 4.78. The monoisotopic (exact) mass is 224 g/mol. The molecule has 0 atom stereocenters. The van der Waals surface area contributed by atoms with E-state index in [4.69, 9.17) is 17.4 Å². The summed E-state index contributed by atoms with van der Waals surface area (Å²) < 4.78 is 1.57. The largest absolute Gasteiger partial charge is 0.292 e. The van der Waals surface area contributed by atoms with Crippen LogP contribution >= 0.6 is 11.6 Å². The molecule has 0 amide bonds. The molecule has 0 bridgehead atoms. The van der Waals surface area contributed by atoms with Gasteiger partial charge in [0.2, 0.25) is 5.95 Å². The Morgan fingerprint density at radius 2 is 2.33 bits per heavy atom. The van der Waals surface area contributed by atoms with Crippen molar-refractivity contribution in [3.63, 3.8) is 0 Å². The number of rotatable bonds is 2. The van der Waals surface area contributed by atoms with Crippen molar-refractivity contribution in [1.29, 1.82) is 0 Å². The molecule has 2 rings (SSSR count).